The van der Waals surface area contributed by atoms with Crippen molar-refractivity contribution in [2.75, 3.05) is 23.3 Å². The van der Waals surface area contributed by atoms with Crippen molar-refractivity contribution in [1.29, 1.82) is 0 Å². The molecule has 1 fully saturated rings. The summed E-state index contributed by atoms with van der Waals surface area (Å²) in [5.74, 6) is -0.165. The third kappa shape index (κ3) is 3.54. The van der Waals surface area contributed by atoms with Crippen molar-refractivity contribution < 1.29 is 9.18 Å². The minimum Gasteiger partial charge on any atom is -0.369 e. The molecule has 132 valence electrons. The fourth-order valence-corrected chi connectivity index (χ4v) is 4.76. The lowest BCUT2D eigenvalue weighted by atomic mass is 9.95. The Kier molecular flexibility index (Phi) is 4.70. The van der Waals surface area contributed by atoms with Gasteiger partial charge >= 0.3 is 0 Å². The van der Waals surface area contributed by atoms with E-state index in [2.05, 4.69) is 10.3 Å². The van der Waals surface area contributed by atoms with Crippen LogP contribution in [0.4, 0.5) is 15.2 Å². The molecule has 2 heterocycles. The summed E-state index contributed by atoms with van der Waals surface area (Å²) in [5, 5.41) is 3.75. The number of fused-ring (bicyclic) bond motifs is 1. The van der Waals surface area contributed by atoms with Gasteiger partial charge in [0.05, 0.1) is 11.4 Å². The SMILES string of the molecule is O=C(Nc1nc2c(s1)CCCC2)C1CCN(c2ccccc2F)CC1. The third-order valence-corrected chi connectivity index (χ3v) is 6.21. The fourth-order valence-electron chi connectivity index (χ4n) is 3.70. The topological polar surface area (TPSA) is 45.2 Å². The van der Waals surface area contributed by atoms with Crippen molar-refractivity contribution >= 4 is 28.1 Å². The summed E-state index contributed by atoms with van der Waals surface area (Å²) in [4.78, 5) is 20.5. The van der Waals surface area contributed by atoms with E-state index in [0.29, 0.717) is 18.8 Å². The van der Waals surface area contributed by atoms with Crippen LogP contribution >= 0.6 is 11.3 Å². The van der Waals surface area contributed by atoms with Crippen LogP contribution in [-0.2, 0) is 17.6 Å². The van der Waals surface area contributed by atoms with E-state index < -0.39 is 0 Å². The second kappa shape index (κ2) is 7.12. The summed E-state index contributed by atoms with van der Waals surface area (Å²) in [6.07, 6.45) is 6.01. The predicted octanol–water partition coefficient (Wildman–Crippen LogP) is 4.02. The van der Waals surface area contributed by atoms with Crippen LogP contribution in [0.5, 0.6) is 0 Å². The van der Waals surface area contributed by atoms with Gasteiger partial charge in [-0.15, -0.1) is 11.3 Å². The molecule has 2 aromatic rings. The second-order valence-corrected chi connectivity index (χ2v) is 7.88. The van der Waals surface area contributed by atoms with Crippen molar-refractivity contribution in [3.8, 4) is 0 Å². The van der Waals surface area contributed by atoms with E-state index in [0.717, 1.165) is 30.8 Å². The average molecular weight is 359 g/mol. The average Bonchev–Trinajstić information content (AvgIpc) is 3.04. The standard InChI is InChI=1S/C19H22FN3OS/c20-14-5-1-3-7-16(14)23-11-9-13(10-12-23)18(24)22-19-21-15-6-2-4-8-17(15)25-19/h1,3,5,7,13H,2,4,6,8-12H2,(H,21,22,24). The van der Waals surface area contributed by atoms with Gasteiger partial charge < -0.3 is 10.2 Å². The van der Waals surface area contributed by atoms with Crippen molar-refractivity contribution in [3.05, 3.63) is 40.7 Å². The van der Waals surface area contributed by atoms with Crippen LogP contribution in [0.3, 0.4) is 0 Å². The van der Waals surface area contributed by atoms with Crippen LogP contribution in [0.2, 0.25) is 0 Å². The molecular formula is C19H22FN3OS. The lowest BCUT2D eigenvalue weighted by Gasteiger charge is -2.33. The Balaban J connectivity index is 1.35. The number of hydrogen-bond acceptors (Lipinski definition) is 4. The number of aryl methyl sites for hydroxylation is 2. The number of amides is 1. The summed E-state index contributed by atoms with van der Waals surface area (Å²) in [6.45, 7) is 1.40. The molecule has 2 aliphatic rings. The quantitative estimate of drug-likeness (QED) is 0.900. The maximum Gasteiger partial charge on any atom is 0.229 e. The zero-order valence-corrected chi connectivity index (χ0v) is 14.9. The van der Waals surface area contributed by atoms with E-state index in [1.807, 2.05) is 11.0 Å². The number of halogens is 1. The van der Waals surface area contributed by atoms with Crippen molar-refractivity contribution in [3.63, 3.8) is 0 Å². The number of nitrogens with zero attached hydrogens (tertiary/aromatic N) is 2. The molecule has 6 heteroatoms. The first kappa shape index (κ1) is 16.5. The van der Waals surface area contributed by atoms with Crippen LogP contribution in [0.25, 0.3) is 0 Å². The maximum atomic E-state index is 13.9. The summed E-state index contributed by atoms with van der Waals surface area (Å²) < 4.78 is 13.9. The highest BCUT2D eigenvalue weighted by Gasteiger charge is 2.27. The monoisotopic (exact) mass is 359 g/mol. The number of nitrogens with one attached hydrogen (secondary N) is 1. The van der Waals surface area contributed by atoms with Gasteiger partial charge in [0.15, 0.2) is 5.13 Å². The summed E-state index contributed by atoms with van der Waals surface area (Å²) in [6, 6.07) is 6.84. The first-order valence-corrected chi connectivity index (χ1v) is 9.81. The molecule has 1 aromatic heterocycles. The number of piperidine rings is 1. The Hall–Kier alpha value is -1.95. The Morgan fingerprint density at radius 2 is 1.96 bits per heavy atom. The van der Waals surface area contributed by atoms with E-state index >= 15 is 0 Å². The highest BCUT2D eigenvalue weighted by atomic mass is 32.1. The third-order valence-electron chi connectivity index (χ3n) is 5.13. The Morgan fingerprint density at radius 1 is 1.20 bits per heavy atom. The molecule has 4 nitrogen and oxygen atoms in total. The van der Waals surface area contributed by atoms with Crippen LogP contribution in [0.1, 0.15) is 36.3 Å². The number of carbonyl (C=O) groups excluding carboxylic acids is 1. The van der Waals surface area contributed by atoms with E-state index in [1.54, 1.807) is 23.5 Å². The van der Waals surface area contributed by atoms with Crippen LogP contribution < -0.4 is 10.2 Å². The number of aromatic nitrogens is 1. The van der Waals surface area contributed by atoms with E-state index in [4.69, 9.17) is 0 Å². The van der Waals surface area contributed by atoms with Crippen LogP contribution in [0.15, 0.2) is 24.3 Å². The molecule has 25 heavy (non-hydrogen) atoms. The number of benzene rings is 1. The number of para-hydroxylation sites is 1. The van der Waals surface area contributed by atoms with Gasteiger partial charge in [-0.2, -0.15) is 0 Å². The first-order chi connectivity index (χ1) is 12.2. The molecule has 4 rings (SSSR count). The summed E-state index contributed by atoms with van der Waals surface area (Å²) >= 11 is 1.62. The molecule has 1 saturated heterocycles. The van der Waals surface area contributed by atoms with Gasteiger partial charge in [-0.25, -0.2) is 9.37 Å². The van der Waals surface area contributed by atoms with Crippen LogP contribution in [0, 0.1) is 11.7 Å². The van der Waals surface area contributed by atoms with Gasteiger partial charge in [0.25, 0.3) is 0 Å². The minimum atomic E-state index is -0.196. The number of carbonyl (C=O) groups is 1. The van der Waals surface area contributed by atoms with Crippen LogP contribution in [-0.4, -0.2) is 24.0 Å². The van der Waals surface area contributed by atoms with Gasteiger partial charge in [0, 0.05) is 23.9 Å². The van der Waals surface area contributed by atoms with E-state index in [9.17, 15) is 9.18 Å². The molecule has 0 radical (unpaired) electrons. The minimum absolute atomic E-state index is 0.0241. The lowest BCUT2D eigenvalue weighted by molar-refractivity contribution is -0.120. The largest absolute Gasteiger partial charge is 0.369 e. The maximum absolute atomic E-state index is 13.9. The summed E-state index contributed by atoms with van der Waals surface area (Å²) in [5.41, 5.74) is 1.80. The molecule has 0 atom stereocenters. The molecule has 1 aromatic carbocycles. The van der Waals surface area contributed by atoms with E-state index in [-0.39, 0.29) is 17.6 Å². The molecule has 0 bridgehead atoms. The van der Waals surface area contributed by atoms with Gasteiger partial charge in [0.2, 0.25) is 5.91 Å². The van der Waals surface area contributed by atoms with E-state index in [1.165, 1.54) is 29.5 Å². The summed E-state index contributed by atoms with van der Waals surface area (Å²) in [7, 11) is 0. The molecule has 0 saturated carbocycles. The predicted molar refractivity (Wildman–Crippen MR) is 98.7 cm³/mol. The zero-order chi connectivity index (χ0) is 17.2. The van der Waals surface area contributed by atoms with Crippen molar-refractivity contribution in [2.45, 2.75) is 38.5 Å². The Bertz CT molecular complexity index is 744. The number of rotatable bonds is 3. The number of hydrogen-bond donors (Lipinski definition) is 1. The van der Waals surface area contributed by atoms with Gasteiger partial charge in [-0.1, -0.05) is 12.1 Å². The smallest absolute Gasteiger partial charge is 0.229 e. The molecule has 1 aliphatic carbocycles. The molecule has 1 amide bonds. The molecule has 1 aliphatic heterocycles. The van der Waals surface area contributed by atoms with Crippen molar-refractivity contribution in [2.24, 2.45) is 5.92 Å². The van der Waals surface area contributed by atoms with Gasteiger partial charge in [0.1, 0.15) is 5.82 Å². The molecule has 1 N–H and O–H groups in total. The first-order valence-electron chi connectivity index (χ1n) is 8.99. The number of thiazole rings is 1. The Morgan fingerprint density at radius 3 is 2.72 bits per heavy atom. The van der Waals surface area contributed by atoms with Crippen molar-refractivity contribution in [1.82, 2.24) is 4.98 Å². The highest BCUT2D eigenvalue weighted by molar-refractivity contribution is 7.15. The Labute approximate surface area is 151 Å². The molecule has 0 spiro atoms. The second-order valence-electron chi connectivity index (χ2n) is 6.80. The zero-order valence-electron chi connectivity index (χ0n) is 14.1. The van der Waals surface area contributed by atoms with Gasteiger partial charge in [-0.05, 0) is 50.7 Å². The highest BCUT2D eigenvalue weighted by Crippen LogP contribution is 2.31. The molecule has 0 unspecified atom stereocenters. The fraction of sp³-hybridized carbons (Fsp3) is 0.474. The number of anilines is 2. The normalized spacial score (nSPS) is 18.0. The van der Waals surface area contributed by atoms with Gasteiger partial charge in [-0.3, -0.25) is 4.79 Å². The molecular weight excluding hydrogens is 337 g/mol. The lowest BCUT2D eigenvalue weighted by Crippen LogP contribution is -2.38.